The zero-order valence-corrected chi connectivity index (χ0v) is 13.7. The second kappa shape index (κ2) is 7.01. The van der Waals surface area contributed by atoms with Crippen molar-refractivity contribution in [2.75, 3.05) is 5.32 Å². The molecule has 120 valence electrons. The van der Waals surface area contributed by atoms with Gasteiger partial charge in [-0.2, -0.15) is 4.98 Å². The Kier molecular flexibility index (Phi) is 4.62. The van der Waals surface area contributed by atoms with Crippen LogP contribution in [0, 0.1) is 10.1 Å². The normalized spacial score (nSPS) is 10.2. The van der Waals surface area contributed by atoms with Crippen molar-refractivity contribution in [3.63, 3.8) is 0 Å². The van der Waals surface area contributed by atoms with Crippen LogP contribution < -0.4 is 10.1 Å². The van der Waals surface area contributed by atoms with E-state index >= 15 is 0 Å². The molecule has 8 nitrogen and oxygen atoms in total. The minimum Gasteiger partial charge on any atom is -0.434 e. The van der Waals surface area contributed by atoms with E-state index in [2.05, 4.69) is 36.2 Å². The van der Waals surface area contributed by atoms with E-state index in [4.69, 9.17) is 4.74 Å². The van der Waals surface area contributed by atoms with Crippen LogP contribution >= 0.6 is 15.9 Å². The number of benzene rings is 1. The molecule has 0 unspecified atom stereocenters. The second-order valence-electron chi connectivity index (χ2n) is 4.53. The summed E-state index contributed by atoms with van der Waals surface area (Å²) in [5.41, 5.74) is -0.369. The number of para-hydroxylation sites is 1. The average molecular weight is 388 g/mol. The number of hydrogen-bond acceptors (Lipinski definition) is 7. The molecule has 0 aliphatic rings. The van der Waals surface area contributed by atoms with Crippen LogP contribution in [0.25, 0.3) is 0 Å². The van der Waals surface area contributed by atoms with Gasteiger partial charge in [-0.15, -0.1) is 0 Å². The van der Waals surface area contributed by atoms with Crippen LogP contribution in [-0.4, -0.2) is 19.9 Å². The SMILES string of the molecule is O=[N+]([O-])c1c(Nc2ccc(Br)cn2)ncnc1Oc1ccccc1. The molecule has 0 aliphatic carbocycles. The van der Waals surface area contributed by atoms with Gasteiger partial charge in [0.15, 0.2) is 0 Å². The summed E-state index contributed by atoms with van der Waals surface area (Å²) < 4.78 is 6.30. The Labute approximate surface area is 144 Å². The number of aromatic nitrogens is 3. The van der Waals surface area contributed by atoms with E-state index in [1.165, 1.54) is 6.33 Å². The largest absolute Gasteiger partial charge is 0.434 e. The molecule has 0 saturated heterocycles. The van der Waals surface area contributed by atoms with Crippen molar-refractivity contribution in [1.29, 1.82) is 0 Å². The van der Waals surface area contributed by atoms with Crippen LogP contribution in [0.3, 0.4) is 0 Å². The smallest absolute Gasteiger partial charge is 0.373 e. The number of hydrogen-bond donors (Lipinski definition) is 1. The molecule has 2 aromatic heterocycles. The fourth-order valence-corrected chi connectivity index (χ4v) is 2.10. The number of nitrogens with one attached hydrogen (secondary N) is 1. The Hall–Kier alpha value is -3.07. The average Bonchev–Trinajstić information content (AvgIpc) is 2.58. The molecule has 1 N–H and O–H groups in total. The molecule has 0 spiro atoms. The fraction of sp³-hybridized carbons (Fsp3) is 0. The van der Waals surface area contributed by atoms with Gasteiger partial charge in [-0.1, -0.05) is 18.2 Å². The Morgan fingerprint density at radius 3 is 2.54 bits per heavy atom. The lowest BCUT2D eigenvalue weighted by Crippen LogP contribution is -2.04. The molecule has 3 rings (SSSR count). The molecule has 2 heterocycles. The fourth-order valence-electron chi connectivity index (χ4n) is 1.86. The highest BCUT2D eigenvalue weighted by molar-refractivity contribution is 9.10. The van der Waals surface area contributed by atoms with E-state index < -0.39 is 4.92 Å². The summed E-state index contributed by atoms with van der Waals surface area (Å²) in [6.45, 7) is 0. The Morgan fingerprint density at radius 1 is 1.08 bits per heavy atom. The molecule has 0 bridgehead atoms. The van der Waals surface area contributed by atoms with Crippen molar-refractivity contribution in [3.8, 4) is 11.6 Å². The third kappa shape index (κ3) is 3.63. The predicted molar refractivity (Wildman–Crippen MR) is 90.4 cm³/mol. The summed E-state index contributed by atoms with van der Waals surface area (Å²) >= 11 is 3.27. The van der Waals surface area contributed by atoms with Crippen molar-refractivity contribution in [2.24, 2.45) is 0 Å². The van der Waals surface area contributed by atoms with Gasteiger partial charge in [0.05, 0.1) is 4.92 Å². The maximum atomic E-state index is 11.5. The first-order valence-electron chi connectivity index (χ1n) is 6.74. The summed E-state index contributed by atoms with van der Waals surface area (Å²) in [7, 11) is 0. The Bertz CT molecular complexity index is 859. The third-order valence-corrected chi connectivity index (χ3v) is 3.37. The van der Waals surface area contributed by atoms with Gasteiger partial charge in [-0.25, -0.2) is 9.97 Å². The van der Waals surface area contributed by atoms with Gasteiger partial charge in [-0.05, 0) is 40.2 Å². The number of rotatable bonds is 5. The first kappa shape index (κ1) is 15.8. The minimum absolute atomic E-state index is 0.00393. The van der Waals surface area contributed by atoms with E-state index in [0.717, 1.165) is 4.47 Å². The maximum absolute atomic E-state index is 11.5. The standard InChI is InChI=1S/C15H10BrN5O3/c16-10-6-7-12(17-8-10)20-14-13(21(22)23)15(19-9-18-14)24-11-4-2-1-3-5-11/h1-9H,(H,17,18,19,20). The first-order chi connectivity index (χ1) is 11.6. The molecular weight excluding hydrogens is 378 g/mol. The van der Waals surface area contributed by atoms with Gasteiger partial charge in [0, 0.05) is 10.7 Å². The molecule has 24 heavy (non-hydrogen) atoms. The van der Waals surface area contributed by atoms with Crippen molar-refractivity contribution in [1.82, 2.24) is 15.0 Å². The molecule has 0 fully saturated rings. The number of halogens is 1. The van der Waals surface area contributed by atoms with Crippen LogP contribution in [0.1, 0.15) is 0 Å². The number of pyridine rings is 1. The minimum atomic E-state index is -0.598. The van der Waals surface area contributed by atoms with Crippen LogP contribution in [0.15, 0.2) is 59.5 Å². The zero-order chi connectivity index (χ0) is 16.9. The maximum Gasteiger partial charge on any atom is 0.373 e. The summed E-state index contributed by atoms with van der Waals surface area (Å²) in [5, 5.41) is 14.3. The highest BCUT2D eigenvalue weighted by Crippen LogP contribution is 2.35. The molecular formula is C15H10BrN5O3. The molecule has 0 atom stereocenters. The van der Waals surface area contributed by atoms with Gasteiger partial charge < -0.3 is 10.1 Å². The predicted octanol–water partition coefficient (Wildman–Crippen LogP) is 4.08. The van der Waals surface area contributed by atoms with Crippen molar-refractivity contribution in [2.45, 2.75) is 0 Å². The number of anilines is 2. The molecule has 0 amide bonds. The lowest BCUT2D eigenvalue weighted by molar-refractivity contribution is -0.385. The number of nitrogens with zero attached hydrogens (tertiary/aromatic N) is 4. The van der Waals surface area contributed by atoms with Crippen molar-refractivity contribution < 1.29 is 9.66 Å². The topological polar surface area (TPSA) is 103 Å². The van der Waals surface area contributed by atoms with Gasteiger partial charge in [-0.3, -0.25) is 10.1 Å². The van der Waals surface area contributed by atoms with Crippen LogP contribution in [0.4, 0.5) is 17.3 Å². The number of nitro groups is 1. The van der Waals surface area contributed by atoms with Crippen LogP contribution in [0.5, 0.6) is 11.6 Å². The van der Waals surface area contributed by atoms with Gasteiger partial charge in [0.25, 0.3) is 0 Å². The van der Waals surface area contributed by atoms with Crippen molar-refractivity contribution in [3.05, 3.63) is 69.6 Å². The Balaban J connectivity index is 1.96. The van der Waals surface area contributed by atoms with E-state index in [9.17, 15) is 10.1 Å². The third-order valence-electron chi connectivity index (χ3n) is 2.90. The quantitative estimate of drug-likeness (QED) is 0.519. The molecule has 0 radical (unpaired) electrons. The molecule has 0 saturated carbocycles. The van der Waals surface area contributed by atoms with Crippen molar-refractivity contribution >= 4 is 33.3 Å². The highest BCUT2D eigenvalue weighted by Gasteiger charge is 2.25. The summed E-state index contributed by atoms with van der Waals surface area (Å²) in [4.78, 5) is 22.8. The second-order valence-corrected chi connectivity index (χ2v) is 5.45. The lowest BCUT2D eigenvalue weighted by Gasteiger charge is -2.08. The van der Waals surface area contributed by atoms with E-state index in [0.29, 0.717) is 11.6 Å². The van der Waals surface area contributed by atoms with Gasteiger partial charge >= 0.3 is 11.6 Å². The molecule has 9 heteroatoms. The van der Waals surface area contributed by atoms with E-state index in [1.54, 1.807) is 42.6 Å². The molecule has 0 aliphatic heterocycles. The number of ether oxygens (including phenoxy) is 1. The first-order valence-corrected chi connectivity index (χ1v) is 7.53. The van der Waals surface area contributed by atoms with Gasteiger partial charge in [0.1, 0.15) is 17.9 Å². The lowest BCUT2D eigenvalue weighted by atomic mass is 10.3. The summed E-state index contributed by atoms with van der Waals surface area (Å²) in [5.74, 6) is 0.689. The van der Waals surface area contributed by atoms with E-state index in [-0.39, 0.29) is 17.4 Å². The zero-order valence-electron chi connectivity index (χ0n) is 12.1. The monoisotopic (exact) mass is 387 g/mol. The summed E-state index contributed by atoms with van der Waals surface area (Å²) in [6, 6.07) is 12.1. The Morgan fingerprint density at radius 2 is 1.88 bits per heavy atom. The molecule has 1 aromatic carbocycles. The molecule has 3 aromatic rings. The summed E-state index contributed by atoms with van der Waals surface area (Å²) in [6.07, 6.45) is 2.75. The van der Waals surface area contributed by atoms with Crippen LogP contribution in [-0.2, 0) is 0 Å². The van der Waals surface area contributed by atoms with Gasteiger partial charge in [0.2, 0.25) is 5.82 Å². The van der Waals surface area contributed by atoms with E-state index in [1.807, 2.05) is 6.07 Å². The highest BCUT2D eigenvalue weighted by atomic mass is 79.9. The van der Waals surface area contributed by atoms with Crippen LogP contribution in [0.2, 0.25) is 0 Å².